The van der Waals surface area contributed by atoms with Crippen molar-refractivity contribution in [3.8, 4) is 17.0 Å². The van der Waals surface area contributed by atoms with Crippen LogP contribution in [0.5, 0.6) is 5.75 Å². The van der Waals surface area contributed by atoms with Gasteiger partial charge in [-0.05, 0) is 68.7 Å². The minimum absolute atomic E-state index is 0.00434. The van der Waals surface area contributed by atoms with Crippen LogP contribution >= 0.6 is 11.6 Å². The molecule has 44 heavy (non-hydrogen) atoms. The van der Waals surface area contributed by atoms with Crippen LogP contribution in [0.1, 0.15) is 71.6 Å². The van der Waals surface area contributed by atoms with E-state index in [1.807, 2.05) is 0 Å². The van der Waals surface area contributed by atoms with Crippen molar-refractivity contribution in [3.63, 3.8) is 0 Å². The molecule has 3 saturated carbocycles. The van der Waals surface area contributed by atoms with Gasteiger partial charge in [-0.15, -0.1) is 0 Å². The molecule has 0 aliphatic heterocycles. The van der Waals surface area contributed by atoms with Crippen LogP contribution < -0.4 is 21.5 Å². The minimum Gasteiger partial charge on any atom is -0.495 e. The summed E-state index contributed by atoms with van der Waals surface area (Å²) in [6.45, 7) is 0.120. The highest BCUT2D eigenvalue weighted by Crippen LogP contribution is 2.51. The molecule has 3 aromatic rings. The molecule has 0 bridgehead atoms. The van der Waals surface area contributed by atoms with Crippen molar-refractivity contribution in [2.24, 2.45) is 16.6 Å². The van der Waals surface area contributed by atoms with E-state index in [4.69, 9.17) is 27.8 Å². The van der Waals surface area contributed by atoms with Gasteiger partial charge in [0, 0.05) is 52.7 Å². The monoisotopic (exact) mass is 625 g/mol. The second-order valence-electron chi connectivity index (χ2n) is 11.8. The van der Waals surface area contributed by atoms with E-state index in [0.717, 1.165) is 31.7 Å². The molecular weight excluding hydrogens is 595 g/mol. The van der Waals surface area contributed by atoms with Gasteiger partial charge in [0.25, 0.3) is 5.91 Å². The third-order valence-electron chi connectivity index (χ3n) is 8.66. The van der Waals surface area contributed by atoms with E-state index in [2.05, 4.69) is 15.3 Å². The Labute approximate surface area is 257 Å². The molecule has 6 rings (SSSR count). The number of rotatable bonds is 11. The first kappa shape index (κ1) is 29.9. The summed E-state index contributed by atoms with van der Waals surface area (Å²) in [4.78, 5) is 34.8. The van der Waals surface area contributed by atoms with E-state index in [1.165, 1.54) is 13.2 Å². The lowest BCUT2D eigenvalue weighted by atomic mass is 9.89. The maximum absolute atomic E-state index is 16.0. The first-order valence-electron chi connectivity index (χ1n) is 14.5. The van der Waals surface area contributed by atoms with Crippen LogP contribution in [-0.4, -0.2) is 42.7 Å². The van der Waals surface area contributed by atoms with Gasteiger partial charge in [0.2, 0.25) is 5.91 Å². The minimum atomic E-state index is -1.26. The Balaban J connectivity index is 1.35. The molecular formula is C32H31ClF3N5O3. The number of hydrogen-bond acceptors (Lipinski definition) is 6. The van der Waals surface area contributed by atoms with Gasteiger partial charge >= 0.3 is 0 Å². The highest BCUT2D eigenvalue weighted by molar-refractivity contribution is 6.31. The first-order valence-corrected chi connectivity index (χ1v) is 14.8. The molecule has 3 aliphatic rings. The maximum atomic E-state index is 16.0. The van der Waals surface area contributed by atoms with Crippen LogP contribution in [0.3, 0.4) is 0 Å². The summed E-state index contributed by atoms with van der Waals surface area (Å²) in [6.07, 6.45) is 5.99. The average Bonchev–Trinajstić information content (AvgIpc) is 3.85. The number of aliphatic imine (C=N–C) groups is 1. The van der Waals surface area contributed by atoms with Gasteiger partial charge in [0.15, 0.2) is 5.82 Å². The molecule has 1 heterocycles. The van der Waals surface area contributed by atoms with Crippen LogP contribution in [0.25, 0.3) is 11.3 Å². The van der Waals surface area contributed by atoms with E-state index in [-0.39, 0.29) is 29.6 Å². The van der Waals surface area contributed by atoms with E-state index in [9.17, 15) is 18.4 Å². The number of nitrogens with two attached hydrogens (primary N) is 2. The van der Waals surface area contributed by atoms with Gasteiger partial charge in [-0.3, -0.25) is 14.6 Å². The SMILES string of the molecule is COc1cc(C(=O)NCC(c2cc(C3(C(N)=O)CC3)c(F)c(-c3cc(Cl)c(F)cc3F)n2)C2CC2)cc(C=NC2CC2)c1N. The number of hydrogen-bond donors (Lipinski definition) is 3. The van der Waals surface area contributed by atoms with E-state index < -0.39 is 51.3 Å². The van der Waals surface area contributed by atoms with Crippen molar-refractivity contribution >= 4 is 35.3 Å². The Morgan fingerprint density at radius 3 is 2.48 bits per heavy atom. The summed E-state index contributed by atoms with van der Waals surface area (Å²) < 4.78 is 50.4. The maximum Gasteiger partial charge on any atom is 0.251 e. The smallest absolute Gasteiger partial charge is 0.251 e. The number of aromatic nitrogens is 1. The Kier molecular flexibility index (Phi) is 7.77. The summed E-state index contributed by atoms with van der Waals surface area (Å²) in [6, 6.07) is 6.48. The fourth-order valence-electron chi connectivity index (χ4n) is 5.52. The zero-order valence-corrected chi connectivity index (χ0v) is 24.7. The molecule has 0 radical (unpaired) electrons. The van der Waals surface area contributed by atoms with Crippen LogP contribution in [0.4, 0.5) is 18.9 Å². The Morgan fingerprint density at radius 1 is 1.14 bits per heavy atom. The number of pyridine rings is 1. The molecule has 3 fully saturated rings. The molecule has 1 unspecified atom stereocenters. The number of amides is 2. The molecule has 12 heteroatoms. The highest BCUT2D eigenvalue weighted by Gasteiger charge is 2.52. The number of nitrogen functional groups attached to an aromatic ring is 1. The summed E-state index contributed by atoms with van der Waals surface area (Å²) in [5, 5.41) is 2.54. The number of anilines is 1. The van der Waals surface area contributed by atoms with Crippen molar-refractivity contribution in [3.05, 3.63) is 75.2 Å². The van der Waals surface area contributed by atoms with Crippen LogP contribution in [-0.2, 0) is 10.2 Å². The molecule has 0 saturated heterocycles. The number of primary amides is 1. The zero-order valence-electron chi connectivity index (χ0n) is 23.9. The number of methoxy groups -OCH3 is 1. The molecule has 8 nitrogen and oxygen atoms in total. The lowest BCUT2D eigenvalue weighted by molar-refractivity contribution is -0.120. The van der Waals surface area contributed by atoms with Gasteiger partial charge in [0.1, 0.15) is 23.1 Å². The third-order valence-corrected chi connectivity index (χ3v) is 8.95. The Hall–Kier alpha value is -4.12. The Morgan fingerprint density at radius 2 is 1.86 bits per heavy atom. The molecule has 230 valence electrons. The molecule has 5 N–H and O–H groups in total. The lowest BCUT2D eigenvalue weighted by Crippen LogP contribution is -2.32. The standard InChI is InChI=1S/C32H31ClF3N5O3/c1-44-26-9-16(8-17(28(26)37)13-39-18-4-5-18)30(42)40-14-20(15-2-3-15)25-11-21(32(6-7-32)31(38)43)27(36)29(41-25)19-10-22(33)24(35)12-23(19)34/h8-13,15,18,20H,2-7,14,37H2,1H3,(H2,38,43)(H,40,42). The summed E-state index contributed by atoms with van der Waals surface area (Å²) in [5.41, 5.74) is 11.5. The van der Waals surface area contributed by atoms with Gasteiger partial charge in [-0.25, -0.2) is 18.2 Å². The van der Waals surface area contributed by atoms with Crippen molar-refractivity contribution in [1.82, 2.24) is 10.3 Å². The fraction of sp³-hybridized carbons (Fsp3) is 0.375. The van der Waals surface area contributed by atoms with Gasteiger partial charge in [-0.2, -0.15) is 0 Å². The highest BCUT2D eigenvalue weighted by atomic mass is 35.5. The fourth-order valence-corrected chi connectivity index (χ4v) is 5.69. The Bertz CT molecular complexity index is 1700. The summed E-state index contributed by atoms with van der Waals surface area (Å²) in [5.74, 6) is -4.03. The predicted octanol–water partition coefficient (Wildman–Crippen LogP) is 5.43. The number of carbonyl (C=O) groups is 2. The molecule has 3 aliphatic carbocycles. The largest absolute Gasteiger partial charge is 0.495 e. The summed E-state index contributed by atoms with van der Waals surface area (Å²) >= 11 is 5.93. The number of carbonyl (C=O) groups excluding carboxylic acids is 2. The van der Waals surface area contributed by atoms with Crippen LogP contribution in [0.2, 0.25) is 5.02 Å². The zero-order chi connectivity index (χ0) is 31.3. The van der Waals surface area contributed by atoms with Crippen molar-refractivity contribution < 1.29 is 27.5 Å². The molecule has 2 amide bonds. The van der Waals surface area contributed by atoms with E-state index >= 15 is 4.39 Å². The molecule has 1 atom stereocenters. The normalized spacial score (nSPS) is 17.8. The molecule has 2 aromatic carbocycles. The van der Waals surface area contributed by atoms with Crippen LogP contribution in [0, 0.1) is 23.4 Å². The quantitative estimate of drug-likeness (QED) is 0.148. The second kappa shape index (κ2) is 11.4. The number of nitrogens with one attached hydrogen (secondary N) is 1. The van der Waals surface area contributed by atoms with Crippen LogP contribution in [0.15, 0.2) is 35.3 Å². The van der Waals surface area contributed by atoms with Crippen molar-refractivity contribution in [2.45, 2.75) is 55.9 Å². The second-order valence-corrected chi connectivity index (χ2v) is 12.2. The topological polar surface area (TPSA) is 133 Å². The van der Waals surface area contributed by atoms with Crippen molar-refractivity contribution in [2.75, 3.05) is 19.4 Å². The first-order chi connectivity index (χ1) is 21.0. The van der Waals surface area contributed by atoms with E-state index in [1.54, 1.807) is 18.3 Å². The number of ether oxygens (including phenoxy) is 1. The average molecular weight is 626 g/mol. The van der Waals surface area contributed by atoms with E-state index in [0.29, 0.717) is 47.2 Å². The molecule has 0 spiro atoms. The molecule has 1 aromatic heterocycles. The van der Waals surface area contributed by atoms with Gasteiger partial charge < -0.3 is 21.5 Å². The van der Waals surface area contributed by atoms with Crippen molar-refractivity contribution in [1.29, 1.82) is 0 Å². The number of halogens is 4. The number of nitrogens with zero attached hydrogens (tertiary/aromatic N) is 2. The summed E-state index contributed by atoms with van der Waals surface area (Å²) in [7, 11) is 1.46. The third kappa shape index (κ3) is 5.72. The predicted molar refractivity (Wildman–Crippen MR) is 160 cm³/mol. The van der Waals surface area contributed by atoms with Gasteiger partial charge in [0.05, 0.1) is 29.3 Å². The van der Waals surface area contributed by atoms with Gasteiger partial charge in [-0.1, -0.05) is 11.6 Å². The lowest BCUT2D eigenvalue weighted by Gasteiger charge is -2.22. The number of benzene rings is 2.